The quantitative estimate of drug-likeness (QED) is 0.763. The molecule has 1 aromatic rings. The number of hydrogen-bond donors (Lipinski definition) is 2. The van der Waals surface area contributed by atoms with E-state index in [2.05, 4.69) is 12.2 Å². The van der Waals surface area contributed by atoms with Gasteiger partial charge in [-0.3, -0.25) is 0 Å². The van der Waals surface area contributed by atoms with Crippen LogP contribution in [0.3, 0.4) is 0 Å². The predicted molar refractivity (Wildman–Crippen MR) is 61.8 cm³/mol. The van der Waals surface area contributed by atoms with E-state index < -0.39 is 12.1 Å². The van der Waals surface area contributed by atoms with Gasteiger partial charge in [0.05, 0.1) is 0 Å². The van der Waals surface area contributed by atoms with E-state index in [1.807, 2.05) is 12.1 Å². The summed E-state index contributed by atoms with van der Waals surface area (Å²) in [5.74, 6) is -0.381. The number of rotatable bonds is 6. The summed E-state index contributed by atoms with van der Waals surface area (Å²) in [6.45, 7) is 2.35. The third-order valence-corrected chi connectivity index (χ3v) is 2.27. The summed E-state index contributed by atoms with van der Waals surface area (Å²) in [6, 6.07) is 7.47. The number of aliphatic carboxylic acids is 1. The molecule has 88 valence electrons. The summed E-state index contributed by atoms with van der Waals surface area (Å²) >= 11 is 0. The number of carbonyl (C=O) groups is 1. The average molecular weight is 223 g/mol. The van der Waals surface area contributed by atoms with Crippen LogP contribution in [0.4, 0.5) is 0 Å². The van der Waals surface area contributed by atoms with E-state index in [4.69, 9.17) is 9.84 Å². The van der Waals surface area contributed by atoms with Gasteiger partial charge in [0.1, 0.15) is 5.75 Å². The van der Waals surface area contributed by atoms with E-state index in [1.165, 1.54) is 5.56 Å². The van der Waals surface area contributed by atoms with E-state index >= 15 is 0 Å². The molecule has 0 bridgehead atoms. The summed E-state index contributed by atoms with van der Waals surface area (Å²) in [5, 5.41) is 11.7. The molecule has 0 amide bonds. The molecule has 0 aliphatic heterocycles. The Hall–Kier alpha value is -1.55. The second-order valence-electron chi connectivity index (χ2n) is 3.50. The molecule has 1 atom stereocenters. The maximum absolute atomic E-state index is 10.9. The van der Waals surface area contributed by atoms with Crippen LogP contribution in [0.5, 0.6) is 5.75 Å². The molecular formula is C12H17NO3. The molecule has 4 heteroatoms. The second-order valence-corrected chi connectivity index (χ2v) is 3.50. The van der Waals surface area contributed by atoms with Crippen LogP contribution >= 0.6 is 0 Å². The van der Waals surface area contributed by atoms with Crippen LogP contribution < -0.4 is 10.1 Å². The van der Waals surface area contributed by atoms with Crippen LogP contribution in [0.1, 0.15) is 12.5 Å². The Bertz CT molecular complexity index is 335. The van der Waals surface area contributed by atoms with Crippen molar-refractivity contribution in [3.8, 4) is 5.75 Å². The van der Waals surface area contributed by atoms with E-state index in [1.54, 1.807) is 19.2 Å². The molecule has 0 saturated heterocycles. The van der Waals surface area contributed by atoms with Gasteiger partial charge >= 0.3 is 5.97 Å². The van der Waals surface area contributed by atoms with Gasteiger partial charge in [0.2, 0.25) is 6.10 Å². The average Bonchev–Trinajstić information content (AvgIpc) is 2.29. The van der Waals surface area contributed by atoms with Crippen molar-refractivity contribution in [2.24, 2.45) is 0 Å². The summed E-state index contributed by atoms with van der Waals surface area (Å²) < 4.78 is 5.35. The minimum atomic E-state index is -0.964. The van der Waals surface area contributed by atoms with Gasteiger partial charge in [0.15, 0.2) is 0 Å². The van der Waals surface area contributed by atoms with Gasteiger partial charge < -0.3 is 15.2 Å². The highest BCUT2D eigenvalue weighted by Crippen LogP contribution is 2.14. The zero-order valence-corrected chi connectivity index (χ0v) is 9.56. The van der Waals surface area contributed by atoms with E-state index in [0.29, 0.717) is 5.75 Å². The molecule has 1 aromatic carbocycles. The van der Waals surface area contributed by atoms with Crippen molar-refractivity contribution in [2.75, 3.05) is 13.6 Å². The SMILES string of the molecule is CCc1ccc(OC(CNC)C(=O)O)cc1. The highest BCUT2D eigenvalue weighted by Gasteiger charge is 2.17. The number of benzene rings is 1. The van der Waals surface area contributed by atoms with E-state index in [0.717, 1.165) is 6.42 Å². The summed E-state index contributed by atoms with van der Waals surface area (Å²) in [7, 11) is 1.69. The van der Waals surface area contributed by atoms with Gasteiger partial charge in [-0.15, -0.1) is 0 Å². The van der Waals surface area contributed by atoms with Gasteiger partial charge in [-0.25, -0.2) is 4.79 Å². The Kier molecular flexibility index (Phi) is 4.79. The van der Waals surface area contributed by atoms with Gasteiger partial charge in [0.25, 0.3) is 0 Å². The molecule has 0 aromatic heterocycles. The van der Waals surface area contributed by atoms with Crippen LogP contribution in [-0.2, 0) is 11.2 Å². The number of likely N-dealkylation sites (N-methyl/N-ethyl adjacent to an activating group) is 1. The van der Waals surface area contributed by atoms with Crippen LogP contribution in [0.2, 0.25) is 0 Å². The minimum absolute atomic E-state index is 0.283. The van der Waals surface area contributed by atoms with Crippen molar-refractivity contribution in [2.45, 2.75) is 19.4 Å². The smallest absolute Gasteiger partial charge is 0.346 e. The fraction of sp³-hybridized carbons (Fsp3) is 0.417. The largest absolute Gasteiger partial charge is 0.478 e. The van der Waals surface area contributed by atoms with Crippen molar-refractivity contribution in [3.05, 3.63) is 29.8 Å². The Morgan fingerprint density at radius 2 is 2.06 bits per heavy atom. The Labute approximate surface area is 95.2 Å². The van der Waals surface area contributed by atoms with Gasteiger partial charge in [-0.05, 0) is 31.2 Å². The lowest BCUT2D eigenvalue weighted by atomic mass is 10.2. The summed E-state index contributed by atoms with van der Waals surface area (Å²) in [4.78, 5) is 10.9. The molecule has 0 aliphatic rings. The fourth-order valence-corrected chi connectivity index (χ4v) is 1.33. The first-order chi connectivity index (χ1) is 7.67. The van der Waals surface area contributed by atoms with Crippen molar-refractivity contribution < 1.29 is 14.6 Å². The monoisotopic (exact) mass is 223 g/mol. The zero-order chi connectivity index (χ0) is 12.0. The predicted octanol–water partition coefficient (Wildman–Crippen LogP) is 1.30. The van der Waals surface area contributed by atoms with Gasteiger partial charge in [-0.1, -0.05) is 19.1 Å². The van der Waals surface area contributed by atoms with E-state index in [-0.39, 0.29) is 6.54 Å². The van der Waals surface area contributed by atoms with Crippen LogP contribution in [-0.4, -0.2) is 30.8 Å². The summed E-state index contributed by atoms with van der Waals surface area (Å²) in [5.41, 5.74) is 1.20. The maximum atomic E-state index is 10.9. The lowest BCUT2D eigenvalue weighted by Crippen LogP contribution is -2.36. The molecule has 1 unspecified atom stereocenters. The third kappa shape index (κ3) is 3.55. The summed E-state index contributed by atoms with van der Waals surface area (Å²) in [6.07, 6.45) is 0.108. The number of carboxylic acid groups (broad SMARTS) is 1. The lowest BCUT2D eigenvalue weighted by molar-refractivity contribution is -0.144. The number of nitrogens with one attached hydrogen (secondary N) is 1. The first kappa shape index (κ1) is 12.5. The topological polar surface area (TPSA) is 58.6 Å². The number of hydrogen-bond acceptors (Lipinski definition) is 3. The molecule has 0 saturated carbocycles. The zero-order valence-electron chi connectivity index (χ0n) is 9.56. The molecule has 2 N–H and O–H groups in total. The number of ether oxygens (including phenoxy) is 1. The van der Waals surface area contributed by atoms with Crippen molar-refractivity contribution in [1.82, 2.24) is 5.32 Å². The van der Waals surface area contributed by atoms with Crippen molar-refractivity contribution >= 4 is 5.97 Å². The van der Waals surface area contributed by atoms with Gasteiger partial charge in [-0.2, -0.15) is 0 Å². The second kappa shape index (κ2) is 6.12. The fourth-order valence-electron chi connectivity index (χ4n) is 1.33. The van der Waals surface area contributed by atoms with Crippen LogP contribution in [0, 0.1) is 0 Å². The molecule has 16 heavy (non-hydrogen) atoms. The molecule has 0 radical (unpaired) electrons. The molecule has 0 fully saturated rings. The first-order valence-corrected chi connectivity index (χ1v) is 5.30. The van der Waals surface area contributed by atoms with Crippen LogP contribution in [0.15, 0.2) is 24.3 Å². The standard InChI is InChI=1S/C12H17NO3/c1-3-9-4-6-10(7-5-9)16-11(8-13-2)12(14)15/h4-7,11,13H,3,8H2,1-2H3,(H,14,15). The lowest BCUT2D eigenvalue weighted by Gasteiger charge is -2.14. The van der Waals surface area contributed by atoms with E-state index in [9.17, 15) is 4.79 Å². The highest BCUT2D eigenvalue weighted by atomic mass is 16.5. The van der Waals surface area contributed by atoms with Crippen molar-refractivity contribution in [3.63, 3.8) is 0 Å². The number of carboxylic acids is 1. The molecule has 0 spiro atoms. The molecule has 0 heterocycles. The molecule has 0 aliphatic carbocycles. The third-order valence-electron chi connectivity index (χ3n) is 2.27. The first-order valence-electron chi connectivity index (χ1n) is 5.30. The molecule has 4 nitrogen and oxygen atoms in total. The van der Waals surface area contributed by atoms with Gasteiger partial charge in [0, 0.05) is 6.54 Å². The maximum Gasteiger partial charge on any atom is 0.346 e. The Morgan fingerprint density at radius 3 is 2.50 bits per heavy atom. The van der Waals surface area contributed by atoms with Crippen LogP contribution in [0.25, 0.3) is 0 Å². The van der Waals surface area contributed by atoms with Crippen molar-refractivity contribution in [1.29, 1.82) is 0 Å². The minimum Gasteiger partial charge on any atom is -0.478 e. The highest BCUT2D eigenvalue weighted by molar-refractivity contribution is 5.73. The molecule has 1 rings (SSSR count). The Balaban J connectivity index is 2.65. The Morgan fingerprint density at radius 1 is 1.44 bits per heavy atom. The molecular weight excluding hydrogens is 206 g/mol. The normalized spacial score (nSPS) is 12.1. The number of aryl methyl sites for hydroxylation is 1.